The highest BCUT2D eigenvalue weighted by atomic mass is 19.1. The molecule has 4 rings (SSSR count). The molecule has 1 aromatic carbocycles. The summed E-state index contributed by atoms with van der Waals surface area (Å²) < 4.78 is 35.3. The lowest BCUT2D eigenvalue weighted by atomic mass is 9.90. The number of likely N-dealkylation sites (tertiary alicyclic amines) is 2. The third kappa shape index (κ3) is 7.09. The summed E-state index contributed by atoms with van der Waals surface area (Å²) in [6, 6.07) is 3.32. The lowest BCUT2D eigenvalue weighted by Gasteiger charge is -2.34. The Morgan fingerprint density at radius 2 is 1.79 bits per heavy atom. The number of hydrogen-bond donors (Lipinski definition) is 1. The minimum absolute atomic E-state index is 0.0834. The van der Waals surface area contributed by atoms with E-state index < -0.39 is 17.2 Å². The van der Waals surface area contributed by atoms with Gasteiger partial charge in [0.1, 0.15) is 17.1 Å². The molecular formula is C28H39F2N5O3. The molecule has 1 aromatic heterocycles. The van der Waals surface area contributed by atoms with Gasteiger partial charge >= 0.3 is 6.09 Å². The zero-order valence-electron chi connectivity index (χ0n) is 22.6. The summed E-state index contributed by atoms with van der Waals surface area (Å²) in [6.07, 6.45) is 6.77. The molecule has 1 N–H and O–H groups in total. The minimum atomic E-state index is -0.756. The normalized spacial score (nSPS) is 17.4. The Balaban J connectivity index is 1.49. The molecule has 2 fully saturated rings. The van der Waals surface area contributed by atoms with Crippen molar-refractivity contribution in [1.82, 2.24) is 24.9 Å². The van der Waals surface area contributed by atoms with Crippen LogP contribution in [0, 0.1) is 11.6 Å². The van der Waals surface area contributed by atoms with Crippen LogP contribution in [-0.2, 0) is 4.74 Å². The number of ether oxygens (including phenoxy) is 1. The molecule has 8 nitrogen and oxygen atoms in total. The first-order valence-corrected chi connectivity index (χ1v) is 13.6. The second-order valence-electron chi connectivity index (χ2n) is 11.2. The molecule has 10 heteroatoms. The van der Waals surface area contributed by atoms with E-state index in [9.17, 15) is 18.4 Å². The van der Waals surface area contributed by atoms with Crippen LogP contribution in [0.1, 0.15) is 81.3 Å². The Labute approximate surface area is 223 Å². The maximum absolute atomic E-state index is 14.8. The number of amides is 2. The number of carbonyl (C=O) groups is 2. The molecular weight excluding hydrogens is 492 g/mol. The number of carbonyl (C=O) groups excluding carboxylic acids is 2. The smallest absolute Gasteiger partial charge is 0.410 e. The summed E-state index contributed by atoms with van der Waals surface area (Å²) in [4.78, 5) is 29.9. The van der Waals surface area contributed by atoms with Gasteiger partial charge in [0.2, 0.25) is 0 Å². The molecule has 0 radical (unpaired) electrons. The molecule has 2 aliphatic heterocycles. The maximum Gasteiger partial charge on any atom is 0.410 e. The van der Waals surface area contributed by atoms with Crippen molar-refractivity contribution in [2.24, 2.45) is 0 Å². The van der Waals surface area contributed by atoms with Gasteiger partial charge in [-0.25, -0.2) is 18.3 Å². The van der Waals surface area contributed by atoms with E-state index in [0.717, 1.165) is 32.1 Å². The predicted octanol–water partition coefficient (Wildman–Crippen LogP) is 4.87. The van der Waals surface area contributed by atoms with Gasteiger partial charge in [0.05, 0.1) is 17.5 Å². The molecule has 0 atom stereocenters. The van der Waals surface area contributed by atoms with Crippen molar-refractivity contribution in [3.63, 3.8) is 0 Å². The van der Waals surface area contributed by atoms with E-state index in [2.05, 4.69) is 15.3 Å². The molecule has 38 heavy (non-hydrogen) atoms. The average Bonchev–Trinajstić information content (AvgIpc) is 3.31. The van der Waals surface area contributed by atoms with Crippen LogP contribution in [0.3, 0.4) is 0 Å². The molecule has 2 aromatic rings. The van der Waals surface area contributed by atoms with Crippen LogP contribution < -0.4 is 5.32 Å². The van der Waals surface area contributed by atoms with Crippen LogP contribution in [0.25, 0.3) is 5.69 Å². The number of benzene rings is 1. The van der Waals surface area contributed by atoms with E-state index in [-0.39, 0.29) is 23.6 Å². The van der Waals surface area contributed by atoms with E-state index in [1.54, 1.807) is 4.90 Å². The summed E-state index contributed by atoms with van der Waals surface area (Å²) >= 11 is 0. The Morgan fingerprint density at radius 1 is 1.08 bits per heavy atom. The summed E-state index contributed by atoms with van der Waals surface area (Å²) in [6.45, 7) is 10.0. The first-order chi connectivity index (χ1) is 18.1. The van der Waals surface area contributed by atoms with Crippen LogP contribution in [0.5, 0.6) is 0 Å². The molecule has 3 heterocycles. The second-order valence-corrected chi connectivity index (χ2v) is 11.2. The molecule has 0 spiro atoms. The molecule has 0 saturated carbocycles. The van der Waals surface area contributed by atoms with Gasteiger partial charge < -0.3 is 19.9 Å². The Bertz CT molecular complexity index is 1120. The molecule has 0 unspecified atom stereocenters. The highest BCUT2D eigenvalue weighted by Crippen LogP contribution is 2.33. The van der Waals surface area contributed by atoms with Gasteiger partial charge in [-0.1, -0.05) is 6.42 Å². The van der Waals surface area contributed by atoms with Gasteiger partial charge in [-0.05, 0) is 84.6 Å². The van der Waals surface area contributed by atoms with E-state index in [0.29, 0.717) is 43.7 Å². The predicted molar refractivity (Wildman–Crippen MR) is 141 cm³/mol. The number of nitrogens with one attached hydrogen (secondary N) is 1. The van der Waals surface area contributed by atoms with Crippen molar-refractivity contribution in [1.29, 1.82) is 0 Å². The van der Waals surface area contributed by atoms with E-state index >= 15 is 0 Å². The van der Waals surface area contributed by atoms with Crippen molar-refractivity contribution in [2.75, 3.05) is 39.3 Å². The Hall–Kier alpha value is -3.01. The number of rotatable bonds is 7. The fourth-order valence-electron chi connectivity index (χ4n) is 5.22. The summed E-state index contributed by atoms with van der Waals surface area (Å²) in [5.74, 6) is -1.84. The third-order valence-electron chi connectivity index (χ3n) is 7.11. The number of piperidine rings is 2. The highest BCUT2D eigenvalue weighted by molar-refractivity contribution is 5.95. The standard InChI is InChI=1S/C28H39F2N5O3/c1-28(2,3)38-27(37)34-16-10-20(11-17-34)25-22(19-32-35(25)24-9-8-21(29)18-23(24)30)26(36)31-12-7-15-33-13-5-4-6-14-33/h8-9,18-20H,4-7,10-17H2,1-3H3,(H,31,36). The summed E-state index contributed by atoms with van der Waals surface area (Å²) in [5.41, 5.74) is 0.446. The molecule has 2 amide bonds. The van der Waals surface area contributed by atoms with Crippen LogP contribution >= 0.6 is 0 Å². The summed E-state index contributed by atoms with van der Waals surface area (Å²) in [7, 11) is 0. The first kappa shape index (κ1) is 28.0. The molecule has 0 bridgehead atoms. The van der Waals surface area contributed by atoms with Crippen molar-refractivity contribution >= 4 is 12.0 Å². The summed E-state index contributed by atoms with van der Waals surface area (Å²) in [5, 5.41) is 7.36. The van der Waals surface area contributed by atoms with E-state index in [1.165, 1.54) is 42.3 Å². The SMILES string of the molecule is CC(C)(C)OC(=O)N1CCC(c2c(C(=O)NCCCN3CCCCC3)cnn2-c2ccc(F)cc2F)CC1. The molecule has 2 aliphatic rings. The third-order valence-corrected chi connectivity index (χ3v) is 7.11. The van der Waals surface area contributed by atoms with Gasteiger partial charge in [-0.15, -0.1) is 0 Å². The topological polar surface area (TPSA) is 79.7 Å². The number of nitrogens with zero attached hydrogens (tertiary/aromatic N) is 4. The first-order valence-electron chi connectivity index (χ1n) is 13.6. The van der Waals surface area contributed by atoms with E-state index in [1.807, 2.05) is 20.8 Å². The molecule has 2 saturated heterocycles. The van der Waals surface area contributed by atoms with Gasteiger partial charge in [-0.3, -0.25) is 4.79 Å². The van der Waals surface area contributed by atoms with Crippen LogP contribution in [-0.4, -0.2) is 76.5 Å². The number of halogens is 2. The Morgan fingerprint density at radius 3 is 2.45 bits per heavy atom. The number of aromatic nitrogens is 2. The zero-order valence-corrected chi connectivity index (χ0v) is 22.6. The largest absolute Gasteiger partial charge is 0.444 e. The quantitative estimate of drug-likeness (QED) is 0.516. The van der Waals surface area contributed by atoms with Gasteiger partial charge in [0, 0.05) is 31.6 Å². The van der Waals surface area contributed by atoms with Crippen LogP contribution in [0.2, 0.25) is 0 Å². The highest BCUT2D eigenvalue weighted by Gasteiger charge is 2.32. The van der Waals surface area contributed by atoms with Crippen LogP contribution in [0.15, 0.2) is 24.4 Å². The monoisotopic (exact) mass is 531 g/mol. The fraction of sp³-hybridized carbons (Fsp3) is 0.607. The number of hydrogen-bond acceptors (Lipinski definition) is 5. The van der Waals surface area contributed by atoms with Gasteiger partial charge in [-0.2, -0.15) is 5.10 Å². The minimum Gasteiger partial charge on any atom is -0.444 e. The fourth-order valence-corrected chi connectivity index (χ4v) is 5.22. The van der Waals surface area contributed by atoms with E-state index in [4.69, 9.17) is 4.74 Å². The molecule has 208 valence electrons. The second kappa shape index (κ2) is 12.2. The van der Waals surface area contributed by atoms with Crippen molar-refractivity contribution < 1.29 is 23.1 Å². The van der Waals surface area contributed by atoms with Crippen molar-refractivity contribution in [3.05, 3.63) is 47.3 Å². The van der Waals surface area contributed by atoms with Gasteiger partial charge in [0.15, 0.2) is 5.82 Å². The Kier molecular flexibility index (Phi) is 9.02. The lowest BCUT2D eigenvalue weighted by molar-refractivity contribution is 0.0203. The molecule has 0 aliphatic carbocycles. The zero-order chi connectivity index (χ0) is 27.3. The van der Waals surface area contributed by atoms with Gasteiger partial charge in [0.25, 0.3) is 5.91 Å². The van der Waals surface area contributed by atoms with Crippen molar-refractivity contribution in [2.45, 2.75) is 70.8 Å². The maximum atomic E-state index is 14.8. The van der Waals surface area contributed by atoms with Crippen LogP contribution in [0.4, 0.5) is 13.6 Å². The average molecular weight is 532 g/mol. The lowest BCUT2D eigenvalue weighted by Crippen LogP contribution is -2.41. The van der Waals surface area contributed by atoms with Crippen molar-refractivity contribution in [3.8, 4) is 5.69 Å².